The molecule has 0 spiro atoms. The van der Waals surface area contributed by atoms with E-state index in [0.29, 0.717) is 0 Å². The zero-order valence-electron chi connectivity index (χ0n) is 9.62. The van der Waals surface area contributed by atoms with Gasteiger partial charge in [0.15, 0.2) is 6.54 Å². The van der Waals surface area contributed by atoms with Crippen molar-refractivity contribution in [2.45, 2.75) is 6.04 Å². The number of halogens is 1. The molecule has 0 aromatic carbocycles. The summed E-state index contributed by atoms with van der Waals surface area (Å²) in [6, 6.07) is -1.49. The van der Waals surface area contributed by atoms with Gasteiger partial charge in [-0.2, -0.15) is 0 Å². The van der Waals surface area contributed by atoms with Crippen molar-refractivity contribution in [2.24, 2.45) is 4.99 Å². The molecule has 1 unspecified atom stereocenters. The van der Waals surface area contributed by atoms with Crippen LogP contribution in [0, 0.1) is 0 Å². The number of hydrogen-bond acceptors (Lipinski definition) is 4. The molecular formula is C9H10ClN4O4+. The summed E-state index contributed by atoms with van der Waals surface area (Å²) >= 11 is 5.81. The van der Waals surface area contributed by atoms with Crippen LogP contribution in [0.4, 0.5) is 4.79 Å². The topological polar surface area (TPSA) is 93.3 Å². The van der Waals surface area contributed by atoms with Gasteiger partial charge in [-0.15, -0.1) is 0 Å². The minimum atomic E-state index is -1.14. The van der Waals surface area contributed by atoms with E-state index in [1.807, 2.05) is 0 Å². The minimum Gasteiger partial charge on any atom is -0.478 e. The number of hydrogen-bond donors (Lipinski definition) is 1. The summed E-state index contributed by atoms with van der Waals surface area (Å²) in [6.45, 7) is -0.460. The van der Waals surface area contributed by atoms with E-state index in [0.717, 1.165) is 9.48 Å². The first-order valence-electron chi connectivity index (χ1n) is 4.99. The van der Waals surface area contributed by atoms with Crippen molar-refractivity contribution in [1.29, 1.82) is 0 Å². The van der Waals surface area contributed by atoms with Crippen molar-refractivity contribution in [3.63, 3.8) is 0 Å². The average molecular weight is 274 g/mol. The first kappa shape index (κ1) is 12.5. The molecule has 8 nitrogen and oxygen atoms in total. The lowest BCUT2D eigenvalue weighted by atomic mass is 10.1. The Morgan fingerprint density at radius 3 is 2.61 bits per heavy atom. The molecule has 2 heterocycles. The number of imide groups is 1. The molecule has 2 rings (SSSR count). The van der Waals surface area contributed by atoms with Crippen LogP contribution >= 0.6 is 11.6 Å². The Kier molecular flexibility index (Phi) is 2.81. The minimum absolute atomic E-state index is 0.110. The van der Waals surface area contributed by atoms with Gasteiger partial charge in [-0.1, -0.05) is 0 Å². The molecule has 0 radical (unpaired) electrons. The highest BCUT2D eigenvalue weighted by atomic mass is 35.5. The van der Waals surface area contributed by atoms with Crippen LogP contribution in [0.2, 0.25) is 0 Å². The number of carbonyl (C=O) groups excluding carboxylic acids is 2. The summed E-state index contributed by atoms with van der Waals surface area (Å²) in [5.74, 6) is -1.54. The van der Waals surface area contributed by atoms with Crippen LogP contribution in [0.5, 0.6) is 0 Å². The lowest BCUT2D eigenvalue weighted by Crippen LogP contribution is -2.61. The molecule has 18 heavy (non-hydrogen) atoms. The highest BCUT2D eigenvalue weighted by Crippen LogP contribution is 2.19. The maximum Gasteiger partial charge on any atom is 0.394 e. The van der Waals surface area contributed by atoms with Crippen LogP contribution in [-0.2, 0) is 9.59 Å². The number of urea groups is 1. The van der Waals surface area contributed by atoms with Crippen LogP contribution in [0.15, 0.2) is 4.99 Å². The molecule has 2 aliphatic rings. The largest absolute Gasteiger partial charge is 0.478 e. The van der Waals surface area contributed by atoms with E-state index in [2.05, 4.69) is 4.99 Å². The molecule has 1 N–H and O–H groups in total. The second-order valence-electron chi connectivity index (χ2n) is 3.90. The van der Waals surface area contributed by atoms with Crippen LogP contribution < -0.4 is 0 Å². The number of aliphatic imine (C=N–C) groups is 1. The van der Waals surface area contributed by atoms with Crippen molar-refractivity contribution < 1.29 is 24.1 Å². The molecule has 0 aliphatic carbocycles. The Morgan fingerprint density at radius 1 is 1.44 bits per heavy atom. The number of amides is 3. The van der Waals surface area contributed by atoms with Gasteiger partial charge < -0.3 is 5.11 Å². The third kappa shape index (κ3) is 1.65. The van der Waals surface area contributed by atoms with E-state index in [1.54, 1.807) is 0 Å². The van der Waals surface area contributed by atoms with Gasteiger partial charge in [0, 0.05) is 25.7 Å². The predicted molar refractivity (Wildman–Crippen MR) is 60.8 cm³/mol. The van der Waals surface area contributed by atoms with Gasteiger partial charge in [0.2, 0.25) is 0 Å². The molecule has 1 atom stereocenters. The quantitative estimate of drug-likeness (QED) is 0.515. The Labute approximate surface area is 107 Å². The van der Waals surface area contributed by atoms with E-state index in [9.17, 15) is 14.4 Å². The molecule has 0 aromatic heterocycles. The zero-order chi connectivity index (χ0) is 13.6. The molecule has 1 fully saturated rings. The maximum atomic E-state index is 12.0. The molecular weight excluding hydrogens is 264 g/mol. The van der Waals surface area contributed by atoms with Crippen LogP contribution in [-0.4, -0.2) is 75.2 Å². The zero-order valence-corrected chi connectivity index (χ0v) is 10.4. The number of likely N-dealkylation sites (N-methyl/N-ethyl adjacent to an activating group) is 2. The SMILES string of the molecule is CN1C(=O)C2C(=NC(Cl)=[N+]2CC(=O)O)N(C)C1=O. The lowest BCUT2D eigenvalue weighted by molar-refractivity contribution is -0.523. The van der Waals surface area contributed by atoms with Crippen molar-refractivity contribution in [1.82, 2.24) is 9.80 Å². The Hall–Kier alpha value is -1.96. The van der Waals surface area contributed by atoms with Gasteiger partial charge in [0.1, 0.15) is 0 Å². The maximum absolute atomic E-state index is 12.0. The lowest BCUT2D eigenvalue weighted by Gasteiger charge is -2.30. The van der Waals surface area contributed by atoms with Crippen LogP contribution in [0.3, 0.4) is 0 Å². The van der Waals surface area contributed by atoms with Crippen molar-refractivity contribution in [3.05, 3.63) is 0 Å². The number of aliphatic carboxylic acids is 1. The third-order valence-electron chi connectivity index (χ3n) is 2.79. The summed E-state index contributed by atoms with van der Waals surface area (Å²) in [5.41, 5.74) is 0. The smallest absolute Gasteiger partial charge is 0.394 e. The second kappa shape index (κ2) is 4.05. The molecule has 0 bridgehead atoms. The van der Waals surface area contributed by atoms with Crippen LogP contribution in [0.1, 0.15) is 0 Å². The van der Waals surface area contributed by atoms with Crippen molar-refractivity contribution in [2.75, 3.05) is 20.6 Å². The van der Waals surface area contributed by atoms with E-state index in [-0.39, 0.29) is 11.1 Å². The van der Waals surface area contributed by atoms with Crippen molar-refractivity contribution >= 4 is 40.6 Å². The molecule has 2 aliphatic heterocycles. The number of carboxylic acid groups (broad SMARTS) is 1. The monoisotopic (exact) mass is 273 g/mol. The van der Waals surface area contributed by atoms with Gasteiger partial charge in [-0.25, -0.2) is 14.2 Å². The standard InChI is InChI=1S/C9H9ClN4O4/c1-12-6-5(7(17)13(2)9(12)18)14(3-4(15)16)8(10)11-6/h5H,3H2,1-2H3/p+1. The molecule has 9 heteroatoms. The summed E-state index contributed by atoms with van der Waals surface area (Å²) in [5, 5.41) is 8.67. The predicted octanol–water partition coefficient (Wildman–Crippen LogP) is -1.02. The highest BCUT2D eigenvalue weighted by Gasteiger charge is 2.53. The van der Waals surface area contributed by atoms with E-state index >= 15 is 0 Å². The third-order valence-corrected chi connectivity index (χ3v) is 3.09. The van der Waals surface area contributed by atoms with Crippen molar-refractivity contribution in [3.8, 4) is 0 Å². The van der Waals surface area contributed by atoms with E-state index in [4.69, 9.17) is 16.7 Å². The number of rotatable bonds is 2. The van der Waals surface area contributed by atoms with Gasteiger partial charge in [-0.3, -0.25) is 14.6 Å². The summed E-state index contributed by atoms with van der Waals surface area (Å²) in [7, 11) is 2.77. The van der Waals surface area contributed by atoms with Gasteiger partial charge in [0.25, 0.3) is 17.8 Å². The number of carboxylic acids is 1. The summed E-state index contributed by atoms with van der Waals surface area (Å²) in [4.78, 5) is 40.4. The Balaban J connectivity index is 2.43. The second-order valence-corrected chi connectivity index (χ2v) is 4.24. The highest BCUT2D eigenvalue weighted by molar-refractivity contribution is 6.65. The number of nitrogens with zero attached hydrogens (tertiary/aromatic N) is 4. The fraction of sp³-hybridized carbons (Fsp3) is 0.444. The molecule has 1 saturated heterocycles. The Morgan fingerprint density at radius 2 is 2.06 bits per heavy atom. The first-order valence-corrected chi connectivity index (χ1v) is 5.37. The number of fused-ring (bicyclic) bond motifs is 1. The number of carbonyl (C=O) groups is 3. The average Bonchev–Trinajstić information content (AvgIpc) is 2.61. The van der Waals surface area contributed by atoms with Crippen LogP contribution in [0.25, 0.3) is 0 Å². The fourth-order valence-electron chi connectivity index (χ4n) is 1.87. The van der Waals surface area contributed by atoms with Gasteiger partial charge >= 0.3 is 17.3 Å². The first-order chi connectivity index (χ1) is 8.34. The van der Waals surface area contributed by atoms with Gasteiger partial charge in [0.05, 0.1) is 0 Å². The Bertz CT molecular complexity index is 527. The summed E-state index contributed by atoms with van der Waals surface area (Å²) < 4.78 is 1.14. The molecule has 96 valence electrons. The normalized spacial score (nSPS) is 23.5. The van der Waals surface area contributed by atoms with E-state index in [1.165, 1.54) is 19.0 Å². The molecule has 0 aromatic rings. The fourth-order valence-corrected chi connectivity index (χ4v) is 2.11. The molecule has 0 saturated carbocycles. The van der Waals surface area contributed by atoms with E-state index < -0.39 is 30.5 Å². The summed E-state index contributed by atoms with van der Waals surface area (Å²) in [6.07, 6.45) is 0. The number of amidine groups is 2. The van der Waals surface area contributed by atoms with Gasteiger partial charge in [-0.05, 0) is 4.99 Å². The molecule has 3 amide bonds.